The smallest absolute Gasteiger partial charge is 0.227 e. The second kappa shape index (κ2) is 3.69. The molecule has 0 radical (unpaired) electrons. The van der Waals surface area contributed by atoms with Crippen LogP contribution in [0.1, 0.15) is 0 Å². The zero-order valence-electron chi connectivity index (χ0n) is 6.53. The van der Waals surface area contributed by atoms with Gasteiger partial charge in [-0.15, -0.1) is 0 Å². The number of anilines is 2. The van der Waals surface area contributed by atoms with Gasteiger partial charge in [-0.05, 0) is 22.6 Å². The highest BCUT2D eigenvalue weighted by Crippen LogP contribution is 2.09. The highest BCUT2D eigenvalue weighted by molar-refractivity contribution is 14.1. The number of aromatic amines is 1. The van der Waals surface area contributed by atoms with Gasteiger partial charge >= 0.3 is 0 Å². The monoisotopic (exact) mass is 287 g/mol. The van der Waals surface area contributed by atoms with Gasteiger partial charge in [-0.2, -0.15) is 5.10 Å². The predicted octanol–water partition coefficient (Wildman–Crippen LogP) is 1.55. The van der Waals surface area contributed by atoms with E-state index in [0.717, 1.165) is 9.26 Å². The van der Waals surface area contributed by atoms with E-state index in [0.29, 0.717) is 5.95 Å². The summed E-state index contributed by atoms with van der Waals surface area (Å²) in [6.45, 7) is 0. The van der Waals surface area contributed by atoms with Gasteiger partial charge in [-0.1, -0.05) is 0 Å². The van der Waals surface area contributed by atoms with Gasteiger partial charge in [0.15, 0.2) is 0 Å². The fraction of sp³-hybridized carbons (Fsp3) is 0. The molecule has 2 aromatic rings. The van der Waals surface area contributed by atoms with Crippen LogP contribution in [-0.2, 0) is 0 Å². The molecule has 0 aliphatic heterocycles. The Hall–Kier alpha value is -1.18. The van der Waals surface area contributed by atoms with Crippen molar-refractivity contribution in [1.29, 1.82) is 0 Å². The molecule has 0 saturated carbocycles. The van der Waals surface area contributed by atoms with E-state index in [4.69, 9.17) is 0 Å². The quantitative estimate of drug-likeness (QED) is 0.822. The Bertz CT molecular complexity index is 368. The number of halogens is 1. The standard InChI is InChI=1S/C7H6IN5/c8-5-1-9-7(10-2-5)13-6-3-11-12-4-6/h1-4H,(H,11,12)(H,9,10,13). The van der Waals surface area contributed by atoms with E-state index in [1.54, 1.807) is 24.8 Å². The summed E-state index contributed by atoms with van der Waals surface area (Å²) in [5.41, 5.74) is 0.848. The molecule has 0 unspecified atom stereocenters. The lowest BCUT2D eigenvalue weighted by atomic mass is 10.6. The Balaban J connectivity index is 2.15. The van der Waals surface area contributed by atoms with Crippen LogP contribution in [0, 0.1) is 3.57 Å². The van der Waals surface area contributed by atoms with E-state index in [1.165, 1.54) is 0 Å². The number of aromatic nitrogens is 4. The van der Waals surface area contributed by atoms with Crippen molar-refractivity contribution in [3.8, 4) is 0 Å². The van der Waals surface area contributed by atoms with Crippen LogP contribution in [0.15, 0.2) is 24.8 Å². The molecular formula is C7H6IN5. The third kappa shape index (κ3) is 2.14. The third-order valence-electron chi connectivity index (χ3n) is 1.37. The van der Waals surface area contributed by atoms with Crippen molar-refractivity contribution in [3.05, 3.63) is 28.4 Å². The molecule has 0 atom stereocenters. The highest BCUT2D eigenvalue weighted by Gasteiger charge is 1.96. The van der Waals surface area contributed by atoms with Crippen molar-refractivity contribution in [2.75, 3.05) is 5.32 Å². The zero-order chi connectivity index (χ0) is 9.10. The lowest BCUT2D eigenvalue weighted by molar-refractivity contribution is 1.09. The zero-order valence-corrected chi connectivity index (χ0v) is 8.69. The molecule has 2 heterocycles. The number of hydrogen-bond donors (Lipinski definition) is 2. The Morgan fingerprint density at radius 2 is 2.00 bits per heavy atom. The van der Waals surface area contributed by atoms with Crippen molar-refractivity contribution in [2.24, 2.45) is 0 Å². The topological polar surface area (TPSA) is 66.5 Å². The van der Waals surface area contributed by atoms with Crippen LogP contribution in [0.25, 0.3) is 0 Å². The molecule has 0 aromatic carbocycles. The molecule has 0 aliphatic carbocycles. The van der Waals surface area contributed by atoms with Crippen LogP contribution < -0.4 is 5.32 Å². The van der Waals surface area contributed by atoms with Gasteiger partial charge in [0.05, 0.1) is 11.9 Å². The van der Waals surface area contributed by atoms with Crippen LogP contribution in [0.3, 0.4) is 0 Å². The first-order chi connectivity index (χ1) is 6.34. The minimum Gasteiger partial charge on any atom is -0.321 e. The van der Waals surface area contributed by atoms with Gasteiger partial charge in [0.1, 0.15) is 0 Å². The van der Waals surface area contributed by atoms with Gasteiger partial charge in [0, 0.05) is 22.2 Å². The first kappa shape index (κ1) is 8.42. The van der Waals surface area contributed by atoms with Crippen LogP contribution in [0.2, 0.25) is 0 Å². The molecule has 66 valence electrons. The van der Waals surface area contributed by atoms with E-state index in [1.807, 2.05) is 0 Å². The molecule has 0 amide bonds. The Labute approximate surface area is 88.1 Å². The summed E-state index contributed by atoms with van der Waals surface area (Å²) in [5, 5.41) is 9.47. The lowest BCUT2D eigenvalue weighted by Crippen LogP contribution is -1.95. The predicted molar refractivity (Wildman–Crippen MR) is 56.6 cm³/mol. The summed E-state index contributed by atoms with van der Waals surface area (Å²) in [5.74, 6) is 0.571. The van der Waals surface area contributed by atoms with Crippen molar-refractivity contribution < 1.29 is 0 Å². The number of hydrogen-bond acceptors (Lipinski definition) is 4. The van der Waals surface area contributed by atoms with Crippen molar-refractivity contribution in [2.45, 2.75) is 0 Å². The maximum Gasteiger partial charge on any atom is 0.227 e. The van der Waals surface area contributed by atoms with Crippen LogP contribution in [0.5, 0.6) is 0 Å². The fourth-order valence-corrected chi connectivity index (χ4v) is 1.10. The minimum atomic E-state index is 0.571. The highest BCUT2D eigenvalue weighted by atomic mass is 127. The minimum absolute atomic E-state index is 0.571. The second-order valence-corrected chi connectivity index (χ2v) is 3.58. The summed E-state index contributed by atoms with van der Waals surface area (Å²) in [7, 11) is 0. The SMILES string of the molecule is Ic1cnc(Nc2cn[nH]c2)nc1. The Morgan fingerprint density at radius 1 is 1.23 bits per heavy atom. The molecule has 2 rings (SSSR count). The Kier molecular flexibility index (Phi) is 2.39. The van der Waals surface area contributed by atoms with E-state index < -0.39 is 0 Å². The fourth-order valence-electron chi connectivity index (χ4n) is 0.825. The van der Waals surface area contributed by atoms with Crippen LogP contribution in [-0.4, -0.2) is 20.2 Å². The molecule has 0 bridgehead atoms. The van der Waals surface area contributed by atoms with Gasteiger partial charge in [-0.3, -0.25) is 5.10 Å². The number of nitrogens with one attached hydrogen (secondary N) is 2. The summed E-state index contributed by atoms with van der Waals surface area (Å²) >= 11 is 2.16. The van der Waals surface area contributed by atoms with Gasteiger partial charge in [-0.25, -0.2) is 9.97 Å². The maximum absolute atomic E-state index is 4.08. The molecule has 0 fully saturated rings. The van der Waals surface area contributed by atoms with Gasteiger partial charge in [0.2, 0.25) is 5.95 Å². The third-order valence-corrected chi connectivity index (χ3v) is 1.93. The van der Waals surface area contributed by atoms with E-state index in [-0.39, 0.29) is 0 Å². The average molecular weight is 287 g/mol. The van der Waals surface area contributed by atoms with Crippen molar-refractivity contribution in [1.82, 2.24) is 20.2 Å². The van der Waals surface area contributed by atoms with E-state index >= 15 is 0 Å². The molecule has 0 saturated heterocycles. The molecule has 0 spiro atoms. The Morgan fingerprint density at radius 3 is 2.62 bits per heavy atom. The second-order valence-electron chi connectivity index (χ2n) is 2.34. The summed E-state index contributed by atoms with van der Waals surface area (Å²) in [6.07, 6.45) is 6.90. The summed E-state index contributed by atoms with van der Waals surface area (Å²) in [6, 6.07) is 0. The first-order valence-electron chi connectivity index (χ1n) is 3.58. The largest absolute Gasteiger partial charge is 0.321 e. The van der Waals surface area contributed by atoms with Crippen molar-refractivity contribution >= 4 is 34.2 Å². The molecule has 13 heavy (non-hydrogen) atoms. The average Bonchev–Trinajstić information content (AvgIpc) is 2.62. The number of H-pyrrole nitrogens is 1. The van der Waals surface area contributed by atoms with Crippen LogP contribution in [0.4, 0.5) is 11.6 Å². The first-order valence-corrected chi connectivity index (χ1v) is 4.66. The number of nitrogens with zero attached hydrogens (tertiary/aromatic N) is 3. The number of rotatable bonds is 2. The van der Waals surface area contributed by atoms with Gasteiger partial charge < -0.3 is 5.32 Å². The molecular weight excluding hydrogens is 281 g/mol. The molecule has 2 N–H and O–H groups in total. The van der Waals surface area contributed by atoms with E-state index in [9.17, 15) is 0 Å². The summed E-state index contributed by atoms with van der Waals surface area (Å²) in [4.78, 5) is 8.16. The molecule has 2 aromatic heterocycles. The van der Waals surface area contributed by atoms with E-state index in [2.05, 4.69) is 48.1 Å². The molecule has 6 heteroatoms. The molecule has 0 aliphatic rings. The summed E-state index contributed by atoms with van der Waals surface area (Å²) < 4.78 is 1.01. The molecule has 5 nitrogen and oxygen atoms in total. The van der Waals surface area contributed by atoms with Crippen LogP contribution >= 0.6 is 22.6 Å². The van der Waals surface area contributed by atoms with Gasteiger partial charge in [0.25, 0.3) is 0 Å². The lowest BCUT2D eigenvalue weighted by Gasteiger charge is -1.99. The maximum atomic E-state index is 4.08. The normalized spacial score (nSPS) is 9.92. The van der Waals surface area contributed by atoms with Crippen molar-refractivity contribution in [3.63, 3.8) is 0 Å².